The lowest BCUT2D eigenvalue weighted by molar-refractivity contribution is -0.125. The van der Waals surface area contributed by atoms with Gasteiger partial charge in [-0.05, 0) is 51.9 Å². The molecule has 0 bridgehead atoms. The SMILES string of the molecule is CCNC(=NCC1CC1)NC1CC(OCC)C12CCCC2.I. The van der Waals surface area contributed by atoms with Crippen LogP contribution in [0.1, 0.15) is 58.8 Å². The summed E-state index contributed by atoms with van der Waals surface area (Å²) in [7, 11) is 0. The molecule has 3 rings (SSSR count). The number of halogens is 1. The molecular weight excluding hydrogens is 389 g/mol. The minimum absolute atomic E-state index is 0. The Kier molecular flexibility index (Phi) is 6.80. The van der Waals surface area contributed by atoms with Crippen molar-refractivity contribution >= 4 is 29.9 Å². The summed E-state index contributed by atoms with van der Waals surface area (Å²) >= 11 is 0. The van der Waals surface area contributed by atoms with Crippen molar-refractivity contribution in [1.82, 2.24) is 10.6 Å². The molecule has 0 heterocycles. The van der Waals surface area contributed by atoms with Gasteiger partial charge >= 0.3 is 0 Å². The van der Waals surface area contributed by atoms with Crippen LogP contribution in [0.5, 0.6) is 0 Å². The van der Waals surface area contributed by atoms with Gasteiger partial charge in [0.15, 0.2) is 5.96 Å². The quantitative estimate of drug-likeness (QED) is 0.393. The fourth-order valence-electron chi connectivity index (χ4n) is 4.09. The highest BCUT2D eigenvalue weighted by atomic mass is 127. The predicted octanol–water partition coefficient (Wildman–Crippen LogP) is 3.31. The van der Waals surface area contributed by atoms with Gasteiger partial charge in [0.05, 0.1) is 6.10 Å². The minimum atomic E-state index is 0. The first-order valence-corrected chi connectivity index (χ1v) is 8.95. The molecule has 0 saturated heterocycles. The van der Waals surface area contributed by atoms with E-state index in [1.54, 1.807) is 0 Å². The Morgan fingerprint density at radius 2 is 1.95 bits per heavy atom. The molecule has 2 unspecified atom stereocenters. The van der Waals surface area contributed by atoms with E-state index in [-0.39, 0.29) is 24.0 Å². The first-order chi connectivity index (χ1) is 10.3. The number of ether oxygens (including phenoxy) is 1. The summed E-state index contributed by atoms with van der Waals surface area (Å²) in [6.45, 7) is 7.03. The number of nitrogens with zero attached hydrogens (tertiary/aromatic N) is 1. The van der Waals surface area contributed by atoms with Crippen LogP contribution in [0.3, 0.4) is 0 Å². The van der Waals surface area contributed by atoms with Crippen molar-refractivity contribution in [3.05, 3.63) is 0 Å². The van der Waals surface area contributed by atoms with Crippen molar-refractivity contribution < 1.29 is 4.74 Å². The van der Waals surface area contributed by atoms with E-state index in [0.717, 1.165) is 38.0 Å². The van der Waals surface area contributed by atoms with Gasteiger partial charge in [-0.15, -0.1) is 24.0 Å². The molecule has 1 spiro atoms. The molecular formula is C17H32IN3O. The van der Waals surface area contributed by atoms with E-state index in [2.05, 4.69) is 24.5 Å². The fourth-order valence-corrected chi connectivity index (χ4v) is 4.09. The Bertz CT molecular complexity index is 378. The highest BCUT2D eigenvalue weighted by Gasteiger charge is 2.56. The third-order valence-corrected chi connectivity index (χ3v) is 5.55. The summed E-state index contributed by atoms with van der Waals surface area (Å²) in [5, 5.41) is 7.13. The maximum atomic E-state index is 6.00. The van der Waals surface area contributed by atoms with Crippen LogP contribution in [0, 0.1) is 11.3 Å². The predicted molar refractivity (Wildman–Crippen MR) is 102 cm³/mol. The van der Waals surface area contributed by atoms with Crippen LogP contribution in [0.25, 0.3) is 0 Å². The molecule has 2 N–H and O–H groups in total. The van der Waals surface area contributed by atoms with Crippen molar-refractivity contribution in [3.63, 3.8) is 0 Å². The third kappa shape index (κ3) is 3.89. The van der Waals surface area contributed by atoms with E-state index in [1.165, 1.54) is 38.5 Å². The summed E-state index contributed by atoms with van der Waals surface area (Å²) in [4.78, 5) is 4.78. The summed E-state index contributed by atoms with van der Waals surface area (Å²) in [5.74, 6) is 1.87. The average Bonchev–Trinajstić information content (AvgIpc) is 3.15. The molecule has 0 aromatic heterocycles. The zero-order chi connectivity index (χ0) is 14.7. The molecule has 0 radical (unpaired) electrons. The number of rotatable bonds is 6. The number of guanidine groups is 1. The molecule has 3 aliphatic rings. The molecule has 3 aliphatic carbocycles. The average molecular weight is 421 g/mol. The number of hydrogen-bond donors (Lipinski definition) is 2. The molecule has 4 nitrogen and oxygen atoms in total. The van der Waals surface area contributed by atoms with Crippen LogP contribution in [-0.4, -0.2) is 37.8 Å². The number of nitrogens with one attached hydrogen (secondary N) is 2. The molecule has 128 valence electrons. The zero-order valence-electron chi connectivity index (χ0n) is 14.1. The van der Waals surface area contributed by atoms with Gasteiger partial charge in [-0.2, -0.15) is 0 Å². The smallest absolute Gasteiger partial charge is 0.191 e. The van der Waals surface area contributed by atoms with Gasteiger partial charge in [0, 0.05) is 31.2 Å². The maximum absolute atomic E-state index is 6.00. The lowest BCUT2D eigenvalue weighted by Crippen LogP contribution is -2.65. The second-order valence-electron chi connectivity index (χ2n) is 6.98. The minimum Gasteiger partial charge on any atom is -0.378 e. The Labute approximate surface area is 152 Å². The van der Waals surface area contributed by atoms with Crippen molar-refractivity contribution in [2.24, 2.45) is 16.3 Å². The van der Waals surface area contributed by atoms with Crippen molar-refractivity contribution in [1.29, 1.82) is 0 Å². The van der Waals surface area contributed by atoms with Crippen LogP contribution >= 0.6 is 24.0 Å². The Morgan fingerprint density at radius 1 is 1.23 bits per heavy atom. The van der Waals surface area contributed by atoms with Crippen molar-refractivity contribution in [2.45, 2.75) is 70.9 Å². The van der Waals surface area contributed by atoms with Gasteiger partial charge in [0.25, 0.3) is 0 Å². The Hall–Kier alpha value is -0.0400. The van der Waals surface area contributed by atoms with Gasteiger partial charge in [0.1, 0.15) is 0 Å². The van der Waals surface area contributed by atoms with E-state index in [0.29, 0.717) is 17.6 Å². The first-order valence-electron chi connectivity index (χ1n) is 8.95. The highest BCUT2D eigenvalue weighted by molar-refractivity contribution is 14.0. The van der Waals surface area contributed by atoms with Crippen LogP contribution in [0.15, 0.2) is 4.99 Å². The van der Waals surface area contributed by atoms with Gasteiger partial charge in [-0.25, -0.2) is 0 Å². The fraction of sp³-hybridized carbons (Fsp3) is 0.941. The molecule has 0 aromatic carbocycles. The van der Waals surface area contributed by atoms with E-state index in [9.17, 15) is 0 Å². The first kappa shape index (κ1) is 18.3. The third-order valence-electron chi connectivity index (χ3n) is 5.55. The van der Waals surface area contributed by atoms with Crippen LogP contribution in [0.4, 0.5) is 0 Å². The van der Waals surface area contributed by atoms with Crippen LogP contribution < -0.4 is 10.6 Å². The monoisotopic (exact) mass is 421 g/mol. The molecule has 3 saturated carbocycles. The Balaban J connectivity index is 0.00000176. The zero-order valence-corrected chi connectivity index (χ0v) is 16.4. The number of aliphatic imine (C=N–C) groups is 1. The summed E-state index contributed by atoms with van der Waals surface area (Å²) in [6.07, 6.45) is 9.69. The van der Waals surface area contributed by atoms with Crippen molar-refractivity contribution in [2.75, 3.05) is 19.7 Å². The largest absolute Gasteiger partial charge is 0.378 e. The van der Waals surface area contributed by atoms with E-state index < -0.39 is 0 Å². The van der Waals surface area contributed by atoms with Gasteiger partial charge in [0.2, 0.25) is 0 Å². The second-order valence-corrected chi connectivity index (χ2v) is 6.98. The topological polar surface area (TPSA) is 45.7 Å². The standard InChI is InChI=1S/C17H31N3O.HI/c1-3-18-16(19-12-13-7-8-13)20-14-11-15(21-4-2)17(14)9-5-6-10-17;/h13-15H,3-12H2,1-2H3,(H2,18,19,20);1H. The van der Waals surface area contributed by atoms with Gasteiger partial charge in [-0.1, -0.05) is 12.8 Å². The summed E-state index contributed by atoms with van der Waals surface area (Å²) < 4.78 is 6.00. The van der Waals surface area contributed by atoms with Gasteiger partial charge in [-0.3, -0.25) is 4.99 Å². The van der Waals surface area contributed by atoms with E-state index in [4.69, 9.17) is 9.73 Å². The molecule has 22 heavy (non-hydrogen) atoms. The maximum Gasteiger partial charge on any atom is 0.191 e. The summed E-state index contributed by atoms with van der Waals surface area (Å²) in [6, 6.07) is 0.550. The second kappa shape index (κ2) is 8.18. The molecule has 3 fully saturated rings. The molecule has 0 aromatic rings. The van der Waals surface area contributed by atoms with Crippen LogP contribution in [-0.2, 0) is 4.74 Å². The normalized spacial score (nSPS) is 29.8. The van der Waals surface area contributed by atoms with E-state index in [1.807, 2.05) is 0 Å². The Morgan fingerprint density at radius 3 is 2.55 bits per heavy atom. The summed E-state index contributed by atoms with van der Waals surface area (Å²) in [5.41, 5.74) is 0.381. The lowest BCUT2D eigenvalue weighted by Gasteiger charge is -2.54. The molecule has 2 atom stereocenters. The van der Waals surface area contributed by atoms with Crippen LogP contribution in [0.2, 0.25) is 0 Å². The molecule has 5 heteroatoms. The number of hydrogen-bond acceptors (Lipinski definition) is 2. The molecule has 0 amide bonds. The van der Waals surface area contributed by atoms with Gasteiger partial charge < -0.3 is 15.4 Å². The highest BCUT2D eigenvalue weighted by Crippen LogP contribution is 2.54. The van der Waals surface area contributed by atoms with Crippen molar-refractivity contribution in [3.8, 4) is 0 Å². The molecule has 0 aliphatic heterocycles. The lowest BCUT2D eigenvalue weighted by atomic mass is 9.60. The van der Waals surface area contributed by atoms with E-state index >= 15 is 0 Å².